The van der Waals surface area contributed by atoms with E-state index in [-0.39, 0.29) is 17.7 Å². The van der Waals surface area contributed by atoms with Gasteiger partial charge in [0.1, 0.15) is 0 Å². The highest BCUT2D eigenvalue weighted by molar-refractivity contribution is 7.99. The first-order valence-electron chi connectivity index (χ1n) is 7.24. The van der Waals surface area contributed by atoms with Gasteiger partial charge < -0.3 is 15.2 Å². The van der Waals surface area contributed by atoms with E-state index in [4.69, 9.17) is 15.2 Å². The molecule has 3 nitrogen and oxygen atoms in total. The summed E-state index contributed by atoms with van der Waals surface area (Å²) >= 11 is 2.03. The Bertz CT molecular complexity index is 290. The van der Waals surface area contributed by atoms with E-state index in [0.717, 1.165) is 31.1 Å². The standard InChI is InChI=1S/C14H25NO2S/c1-16-13(10-2-3-10)12(15)11-4-6-17-14(8-11)5-7-18-9-14/h10-13H,2-9,15H2,1H3. The smallest absolute Gasteiger partial charge is 0.0783 e. The molecule has 1 spiro atoms. The zero-order valence-electron chi connectivity index (χ0n) is 11.3. The lowest BCUT2D eigenvalue weighted by Gasteiger charge is -2.41. The third-order valence-electron chi connectivity index (χ3n) is 4.88. The maximum Gasteiger partial charge on any atom is 0.0783 e. The average molecular weight is 271 g/mol. The van der Waals surface area contributed by atoms with Crippen LogP contribution >= 0.6 is 11.8 Å². The van der Waals surface area contributed by atoms with Crippen molar-refractivity contribution in [1.29, 1.82) is 0 Å². The van der Waals surface area contributed by atoms with Crippen LogP contribution in [0, 0.1) is 11.8 Å². The average Bonchev–Trinajstić information content (AvgIpc) is 3.13. The van der Waals surface area contributed by atoms with Crippen LogP contribution in [0.4, 0.5) is 0 Å². The van der Waals surface area contributed by atoms with Crippen LogP contribution < -0.4 is 5.73 Å². The summed E-state index contributed by atoms with van der Waals surface area (Å²) in [4.78, 5) is 0. The Morgan fingerprint density at radius 1 is 1.33 bits per heavy atom. The lowest BCUT2D eigenvalue weighted by Crippen LogP contribution is -2.50. The summed E-state index contributed by atoms with van der Waals surface area (Å²) in [6, 6.07) is 0.203. The van der Waals surface area contributed by atoms with Crippen LogP contribution in [0.15, 0.2) is 0 Å². The van der Waals surface area contributed by atoms with Crippen LogP contribution in [0.1, 0.15) is 32.1 Å². The molecule has 2 N–H and O–H groups in total. The molecule has 3 fully saturated rings. The first kappa shape index (κ1) is 13.2. The van der Waals surface area contributed by atoms with Crippen molar-refractivity contribution in [3.05, 3.63) is 0 Å². The van der Waals surface area contributed by atoms with Crippen LogP contribution in [0.25, 0.3) is 0 Å². The fourth-order valence-corrected chi connectivity index (χ4v) is 4.99. The third kappa shape index (κ3) is 2.58. The molecule has 0 aromatic rings. The Balaban J connectivity index is 1.63. The molecule has 1 aliphatic carbocycles. The molecule has 18 heavy (non-hydrogen) atoms. The molecule has 4 atom stereocenters. The van der Waals surface area contributed by atoms with Crippen molar-refractivity contribution in [1.82, 2.24) is 0 Å². The van der Waals surface area contributed by atoms with Crippen LogP contribution in [0.5, 0.6) is 0 Å². The highest BCUT2D eigenvalue weighted by Crippen LogP contribution is 2.43. The zero-order valence-corrected chi connectivity index (χ0v) is 12.1. The number of rotatable bonds is 4. The molecule has 4 unspecified atom stereocenters. The fraction of sp³-hybridized carbons (Fsp3) is 1.00. The summed E-state index contributed by atoms with van der Waals surface area (Å²) in [6.45, 7) is 0.889. The van der Waals surface area contributed by atoms with Gasteiger partial charge in [0.25, 0.3) is 0 Å². The van der Waals surface area contributed by atoms with Gasteiger partial charge in [0.05, 0.1) is 11.7 Å². The number of thioether (sulfide) groups is 1. The van der Waals surface area contributed by atoms with Crippen LogP contribution in [-0.2, 0) is 9.47 Å². The van der Waals surface area contributed by atoms with E-state index in [9.17, 15) is 0 Å². The molecule has 0 radical (unpaired) electrons. The van der Waals surface area contributed by atoms with Gasteiger partial charge in [-0.25, -0.2) is 0 Å². The van der Waals surface area contributed by atoms with Gasteiger partial charge in [0, 0.05) is 25.5 Å². The molecule has 2 saturated heterocycles. The number of nitrogens with two attached hydrogens (primary N) is 1. The third-order valence-corrected chi connectivity index (χ3v) is 6.10. The molecule has 4 heteroatoms. The SMILES string of the molecule is COC(C1CC1)C(N)C1CCOC2(CCSC2)C1. The first-order valence-corrected chi connectivity index (χ1v) is 8.40. The van der Waals surface area contributed by atoms with Gasteiger partial charge in [-0.3, -0.25) is 0 Å². The van der Waals surface area contributed by atoms with Gasteiger partial charge in [-0.2, -0.15) is 11.8 Å². The minimum absolute atomic E-state index is 0.146. The topological polar surface area (TPSA) is 44.5 Å². The Hall–Kier alpha value is 0.230. The number of methoxy groups -OCH3 is 1. The summed E-state index contributed by atoms with van der Waals surface area (Å²) in [7, 11) is 1.82. The van der Waals surface area contributed by atoms with Crippen molar-refractivity contribution >= 4 is 11.8 Å². The van der Waals surface area contributed by atoms with Gasteiger partial charge in [0.2, 0.25) is 0 Å². The highest BCUT2D eigenvalue weighted by atomic mass is 32.2. The number of ether oxygens (including phenoxy) is 2. The number of hydrogen-bond acceptors (Lipinski definition) is 4. The van der Waals surface area contributed by atoms with E-state index in [0.29, 0.717) is 5.92 Å². The summed E-state index contributed by atoms with van der Waals surface area (Å²) < 4.78 is 11.7. The molecule has 0 aromatic carbocycles. The Morgan fingerprint density at radius 3 is 2.78 bits per heavy atom. The monoisotopic (exact) mass is 271 g/mol. The second-order valence-corrected chi connectivity index (χ2v) is 7.31. The molecule has 2 heterocycles. The quantitative estimate of drug-likeness (QED) is 0.850. The van der Waals surface area contributed by atoms with E-state index in [1.165, 1.54) is 25.0 Å². The predicted molar refractivity (Wildman–Crippen MR) is 74.8 cm³/mol. The minimum Gasteiger partial charge on any atom is -0.380 e. The van der Waals surface area contributed by atoms with Crippen molar-refractivity contribution in [2.45, 2.75) is 49.9 Å². The Labute approximate surface area is 114 Å². The van der Waals surface area contributed by atoms with Gasteiger partial charge in [-0.1, -0.05) is 0 Å². The van der Waals surface area contributed by atoms with Crippen molar-refractivity contribution < 1.29 is 9.47 Å². The first-order chi connectivity index (χ1) is 8.74. The molecular formula is C14H25NO2S. The lowest BCUT2D eigenvalue weighted by atomic mass is 9.79. The van der Waals surface area contributed by atoms with E-state index in [1.54, 1.807) is 0 Å². The van der Waals surface area contributed by atoms with Gasteiger partial charge in [0.15, 0.2) is 0 Å². The van der Waals surface area contributed by atoms with Gasteiger partial charge in [-0.05, 0) is 49.7 Å². The largest absolute Gasteiger partial charge is 0.380 e. The minimum atomic E-state index is 0.146. The molecular weight excluding hydrogens is 246 g/mol. The van der Waals surface area contributed by atoms with E-state index < -0.39 is 0 Å². The molecule has 0 aromatic heterocycles. The molecule has 2 aliphatic heterocycles. The van der Waals surface area contributed by atoms with E-state index in [1.807, 2.05) is 18.9 Å². The normalized spacial score (nSPS) is 40.0. The Kier molecular flexibility index (Phi) is 3.90. The van der Waals surface area contributed by atoms with Crippen molar-refractivity contribution in [3.63, 3.8) is 0 Å². The zero-order chi connectivity index (χ0) is 12.6. The van der Waals surface area contributed by atoms with Gasteiger partial charge >= 0.3 is 0 Å². The molecule has 104 valence electrons. The predicted octanol–water partition coefficient (Wildman–Crippen LogP) is 2.04. The van der Waals surface area contributed by atoms with Gasteiger partial charge in [-0.15, -0.1) is 0 Å². The molecule has 0 bridgehead atoms. The summed E-state index contributed by atoms with van der Waals surface area (Å²) in [5.41, 5.74) is 6.65. The molecule has 3 rings (SSSR count). The van der Waals surface area contributed by atoms with Crippen LogP contribution in [0.2, 0.25) is 0 Å². The van der Waals surface area contributed by atoms with E-state index in [2.05, 4.69) is 0 Å². The van der Waals surface area contributed by atoms with Crippen molar-refractivity contribution in [3.8, 4) is 0 Å². The molecule has 1 saturated carbocycles. The fourth-order valence-electron chi connectivity index (χ4n) is 3.61. The molecule has 3 aliphatic rings. The maximum atomic E-state index is 6.51. The van der Waals surface area contributed by atoms with Crippen LogP contribution in [-0.4, -0.2) is 43.0 Å². The summed E-state index contributed by atoms with van der Waals surface area (Å²) in [5, 5.41) is 0. The summed E-state index contributed by atoms with van der Waals surface area (Å²) in [6.07, 6.45) is 6.35. The van der Waals surface area contributed by atoms with E-state index >= 15 is 0 Å². The van der Waals surface area contributed by atoms with Crippen LogP contribution in [0.3, 0.4) is 0 Å². The lowest BCUT2D eigenvalue weighted by molar-refractivity contribution is -0.0930. The van der Waals surface area contributed by atoms with Crippen molar-refractivity contribution in [2.75, 3.05) is 25.2 Å². The second-order valence-electron chi connectivity index (χ2n) is 6.20. The van der Waals surface area contributed by atoms with Crippen molar-refractivity contribution in [2.24, 2.45) is 17.6 Å². The second kappa shape index (κ2) is 5.31. The summed E-state index contributed by atoms with van der Waals surface area (Å²) in [5.74, 6) is 3.72. The maximum absolute atomic E-state index is 6.51. The Morgan fingerprint density at radius 2 is 2.17 bits per heavy atom. The number of hydrogen-bond donors (Lipinski definition) is 1. The highest BCUT2D eigenvalue weighted by Gasteiger charge is 2.45. The molecule has 0 amide bonds.